The van der Waals surface area contributed by atoms with Gasteiger partial charge in [-0.25, -0.2) is 0 Å². The molecule has 1 aromatic rings. The van der Waals surface area contributed by atoms with Gasteiger partial charge in [-0.2, -0.15) is 0 Å². The number of benzene rings is 1. The van der Waals surface area contributed by atoms with Gasteiger partial charge >= 0.3 is 0 Å². The lowest BCUT2D eigenvalue weighted by Gasteiger charge is -2.48. The van der Waals surface area contributed by atoms with Crippen molar-refractivity contribution in [3.63, 3.8) is 0 Å². The zero-order valence-corrected chi connectivity index (χ0v) is 12.8. The molecule has 2 unspecified atom stereocenters. The molecule has 6 nitrogen and oxygen atoms in total. The normalized spacial score (nSPS) is 42.5. The molecule has 4 aliphatic rings. The molecule has 0 saturated carbocycles. The van der Waals surface area contributed by atoms with Gasteiger partial charge in [-0.15, -0.1) is 0 Å². The van der Waals surface area contributed by atoms with E-state index in [-0.39, 0.29) is 18.9 Å². The van der Waals surface area contributed by atoms with E-state index < -0.39 is 17.7 Å². The summed E-state index contributed by atoms with van der Waals surface area (Å²) in [4.78, 5) is 1.98. The van der Waals surface area contributed by atoms with E-state index in [1.165, 1.54) is 0 Å². The van der Waals surface area contributed by atoms with Crippen LogP contribution in [0.3, 0.4) is 0 Å². The van der Waals surface area contributed by atoms with Crippen LogP contribution in [0, 0.1) is 0 Å². The predicted octanol–water partition coefficient (Wildman–Crippen LogP) is 0.678. The van der Waals surface area contributed by atoms with E-state index in [0.29, 0.717) is 18.0 Å². The number of fused-ring (bicyclic) bond motifs is 2. The Morgan fingerprint density at radius 3 is 2.83 bits per heavy atom. The van der Waals surface area contributed by atoms with E-state index in [9.17, 15) is 10.2 Å². The summed E-state index contributed by atoms with van der Waals surface area (Å²) >= 11 is 0. The molecule has 1 aromatic carbocycles. The number of aliphatic hydroxyl groups is 2. The third-order valence-corrected chi connectivity index (χ3v) is 5.84. The van der Waals surface area contributed by atoms with Crippen molar-refractivity contribution >= 4 is 0 Å². The summed E-state index contributed by atoms with van der Waals surface area (Å²) in [6.45, 7) is 0.631. The van der Waals surface area contributed by atoms with Gasteiger partial charge in [0.15, 0.2) is 11.5 Å². The van der Waals surface area contributed by atoms with Gasteiger partial charge in [0.05, 0.1) is 17.6 Å². The number of methoxy groups -OCH3 is 1. The molecule has 6 atom stereocenters. The smallest absolute Gasteiger partial charge is 0.231 e. The Morgan fingerprint density at radius 2 is 2.04 bits per heavy atom. The second-order valence-electron chi connectivity index (χ2n) is 6.70. The van der Waals surface area contributed by atoms with Gasteiger partial charge in [0.25, 0.3) is 0 Å². The first-order valence-electron chi connectivity index (χ1n) is 7.93. The lowest BCUT2D eigenvalue weighted by Crippen LogP contribution is -2.53. The molecule has 1 saturated heterocycles. The minimum absolute atomic E-state index is 0.00341. The van der Waals surface area contributed by atoms with Crippen LogP contribution in [0.2, 0.25) is 0 Å². The summed E-state index contributed by atoms with van der Waals surface area (Å²) in [5.74, 6) is 1.33. The Balaban J connectivity index is 1.75. The SMILES string of the molecule is CO[C@@H]1C=C[C@@]23c4cc5c(cc4[C@@H](O)N(CC2O)[C@H]3C1)OCO5. The maximum absolute atomic E-state index is 10.8. The zero-order valence-electron chi connectivity index (χ0n) is 12.8. The maximum atomic E-state index is 10.8. The highest BCUT2D eigenvalue weighted by atomic mass is 16.7. The maximum Gasteiger partial charge on any atom is 0.231 e. The lowest BCUT2D eigenvalue weighted by molar-refractivity contribution is -0.0399. The van der Waals surface area contributed by atoms with Crippen molar-refractivity contribution in [2.75, 3.05) is 20.4 Å². The second-order valence-corrected chi connectivity index (χ2v) is 6.70. The number of hydrogen-bond acceptors (Lipinski definition) is 6. The average Bonchev–Trinajstić information content (AvgIpc) is 3.12. The highest BCUT2D eigenvalue weighted by Crippen LogP contribution is 2.56. The van der Waals surface area contributed by atoms with E-state index >= 15 is 0 Å². The van der Waals surface area contributed by atoms with Crippen molar-refractivity contribution in [3.05, 3.63) is 35.4 Å². The largest absolute Gasteiger partial charge is 0.454 e. The molecule has 3 aliphatic heterocycles. The van der Waals surface area contributed by atoms with Gasteiger partial charge in [-0.3, -0.25) is 4.90 Å². The Morgan fingerprint density at radius 1 is 1.26 bits per heavy atom. The monoisotopic (exact) mass is 317 g/mol. The first kappa shape index (κ1) is 13.8. The Labute approximate surface area is 133 Å². The van der Waals surface area contributed by atoms with E-state index in [4.69, 9.17) is 14.2 Å². The van der Waals surface area contributed by atoms with Gasteiger partial charge in [-0.05, 0) is 24.1 Å². The van der Waals surface area contributed by atoms with Crippen LogP contribution in [-0.4, -0.2) is 53.8 Å². The van der Waals surface area contributed by atoms with Crippen LogP contribution >= 0.6 is 0 Å². The Kier molecular flexibility index (Phi) is 2.69. The molecular formula is C17H19NO5. The fraction of sp³-hybridized carbons (Fsp3) is 0.529. The van der Waals surface area contributed by atoms with E-state index in [2.05, 4.69) is 6.08 Å². The van der Waals surface area contributed by atoms with Crippen molar-refractivity contribution < 1.29 is 24.4 Å². The summed E-state index contributed by atoms with van der Waals surface area (Å²) in [6, 6.07) is 3.79. The first-order chi connectivity index (χ1) is 11.1. The highest BCUT2D eigenvalue weighted by molar-refractivity contribution is 5.57. The van der Waals surface area contributed by atoms with Crippen LogP contribution in [-0.2, 0) is 10.2 Å². The fourth-order valence-electron chi connectivity index (χ4n) is 4.71. The van der Waals surface area contributed by atoms with Crippen LogP contribution in [0.25, 0.3) is 0 Å². The van der Waals surface area contributed by atoms with Crippen LogP contribution in [0.5, 0.6) is 11.5 Å². The summed E-state index contributed by atoms with van der Waals surface area (Å²) < 4.78 is 16.4. The quantitative estimate of drug-likeness (QED) is 0.742. The molecule has 0 aromatic heterocycles. The molecule has 0 amide bonds. The van der Waals surface area contributed by atoms with Crippen molar-refractivity contribution in [1.82, 2.24) is 4.90 Å². The number of ether oxygens (including phenoxy) is 3. The van der Waals surface area contributed by atoms with Gasteiger partial charge in [0.2, 0.25) is 6.79 Å². The van der Waals surface area contributed by atoms with Crippen molar-refractivity contribution in [3.8, 4) is 11.5 Å². The topological polar surface area (TPSA) is 71.4 Å². The lowest BCUT2D eigenvalue weighted by atomic mass is 9.65. The molecule has 122 valence electrons. The standard InChI is InChI=1S/C17H19NO5/c1-21-9-2-3-17-11-6-13-12(22-8-23-13)5-10(11)16(20)18(7-15(17)19)14(17)4-9/h2-3,5-6,9,14-16,19-20H,4,7-8H2,1H3/t9-,14+,15?,16-,17+/m1/s1. The highest BCUT2D eigenvalue weighted by Gasteiger charge is 2.61. The molecule has 3 heterocycles. The molecule has 0 spiro atoms. The second kappa shape index (κ2) is 4.48. The third kappa shape index (κ3) is 1.57. The number of rotatable bonds is 1. The third-order valence-electron chi connectivity index (χ3n) is 5.84. The molecular weight excluding hydrogens is 298 g/mol. The fourth-order valence-corrected chi connectivity index (χ4v) is 4.71. The molecule has 1 aliphatic carbocycles. The molecule has 2 bridgehead atoms. The Bertz CT molecular complexity index is 704. The van der Waals surface area contributed by atoms with Crippen molar-refractivity contribution in [2.45, 2.75) is 36.3 Å². The van der Waals surface area contributed by atoms with E-state index in [0.717, 1.165) is 17.5 Å². The average molecular weight is 317 g/mol. The summed E-state index contributed by atoms with van der Waals surface area (Å²) in [5.41, 5.74) is 1.21. The minimum Gasteiger partial charge on any atom is -0.454 e. The molecule has 0 radical (unpaired) electrons. The summed E-state index contributed by atoms with van der Waals surface area (Å²) in [7, 11) is 1.69. The molecule has 2 N–H and O–H groups in total. The van der Waals surface area contributed by atoms with E-state index in [1.54, 1.807) is 7.11 Å². The van der Waals surface area contributed by atoms with Gasteiger partial charge in [-0.1, -0.05) is 12.2 Å². The number of nitrogens with zero attached hydrogens (tertiary/aromatic N) is 1. The van der Waals surface area contributed by atoms with Gasteiger partial charge in [0.1, 0.15) is 6.23 Å². The molecule has 23 heavy (non-hydrogen) atoms. The van der Waals surface area contributed by atoms with Gasteiger partial charge in [0, 0.05) is 25.3 Å². The van der Waals surface area contributed by atoms with Gasteiger partial charge < -0.3 is 24.4 Å². The van der Waals surface area contributed by atoms with Crippen LogP contribution in [0.1, 0.15) is 23.8 Å². The zero-order chi connectivity index (χ0) is 15.8. The van der Waals surface area contributed by atoms with Crippen molar-refractivity contribution in [1.29, 1.82) is 0 Å². The Hall–Kier alpha value is -1.60. The summed E-state index contributed by atoms with van der Waals surface area (Å²) in [6.07, 6.45) is 3.51. The first-order valence-corrected chi connectivity index (χ1v) is 7.93. The molecule has 1 fully saturated rings. The van der Waals surface area contributed by atoms with Crippen LogP contribution in [0.15, 0.2) is 24.3 Å². The number of aliphatic hydroxyl groups excluding tert-OH is 2. The van der Waals surface area contributed by atoms with E-state index in [1.807, 2.05) is 23.1 Å². The molecule has 5 rings (SSSR count). The minimum atomic E-state index is -0.751. The predicted molar refractivity (Wildman–Crippen MR) is 80.3 cm³/mol. The van der Waals surface area contributed by atoms with Crippen LogP contribution in [0.4, 0.5) is 0 Å². The van der Waals surface area contributed by atoms with Crippen molar-refractivity contribution in [2.24, 2.45) is 0 Å². The number of hydrogen-bond donors (Lipinski definition) is 2. The molecule has 6 heteroatoms. The summed E-state index contributed by atoms with van der Waals surface area (Å²) in [5, 5.41) is 21.7. The van der Waals surface area contributed by atoms with Crippen LogP contribution < -0.4 is 9.47 Å².